The van der Waals surface area contributed by atoms with Gasteiger partial charge in [-0.25, -0.2) is 4.39 Å². The third-order valence-electron chi connectivity index (χ3n) is 4.78. The van der Waals surface area contributed by atoms with Crippen LogP contribution in [0, 0.1) is 5.82 Å². The van der Waals surface area contributed by atoms with E-state index >= 15 is 0 Å². The molecule has 0 aromatic heterocycles. The van der Waals surface area contributed by atoms with E-state index in [1.807, 2.05) is 0 Å². The van der Waals surface area contributed by atoms with E-state index in [-0.39, 0.29) is 24.2 Å². The van der Waals surface area contributed by atoms with Crippen molar-refractivity contribution in [1.29, 1.82) is 0 Å². The highest BCUT2D eigenvalue weighted by atomic mass is 19.1. The molecule has 1 N–H and O–H groups in total. The first kappa shape index (κ1) is 15.9. The number of carbonyl (C=O) groups is 2. The van der Waals surface area contributed by atoms with Crippen molar-refractivity contribution in [2.45, 2.75) is 38.3 Å². The lowest BCUT2D eigenvalue weighted by Crippen LogP contribution is -2.59. The van der Waals surface area contributed by atoms with E-state index in [0.29, 0.717) is 38.9 Å². The number of benzene rings is 1. The van der Waals surface area contributed by atoms with Gasteiger partial charge in [-0.05, 0) is 42.5 Å². The van der Waals surface area contributed by atoms with Crippen LogP contribution in [-0.4, -0.2) is 52.0 Å². The largest absolute Gasteiger partial charge is 0.378 e. The molecule has 1 aromatic rings. The number of amides is 2. The second kappa shape index (κ2) is 5.92. The number of rotatable bonds is 1. The molecule has 0 radical (unpaired) electrons. The molecule has 1 aromatic carbocycles. The summed E-state index contributed by atoms with van der Waals surface area (Å²) in [5.41, 5.74) is 0.290. The zero-order chi connectivity index (χ0) is 16.6. The van der Waals surface area contributed by atoms with E-state index in [2.05, 4.69) is 0 Å². The van der Waals surface area contributed by atoms with Crippen LogP contribution in [-0.2, 0) is 22.6 Å². The maximum atomic E-state index is 13.4. The molecule has 3 rings (SSSR count). The van der Waals surface area contributed by atoms with Crippen molar-refractivity contribution in [3.05, 3.63) is 35.1 Å². The summed E-state index contributed by atoms with van der Waals surface area (Å²) in [5, 5.41) is 10.8. The van der Waals surface area contributed by atoms with Gasteiger partial charge in [0.1, 0.15) is 5.82 Å². The maximum Gasteiger partial charge on any atom is 0.256 e. The summed E-state index contributed by atoms with van der Waals surface area (Å²) < 4.78 is 13.4. The van der Waals surface area contributed by atoms with Crippen LogP contribution in [0.3, 0.4) is 0 Å². The Morgan fingerprint density at radius 2 is 2.00 bits per heavy atom. The van der Waals surface area contributed by atoms with Crippen molar-refractivity contribution in [2.24, 2.45) is 0 Å². The number of fused-ring (bicyclic) bond motifs is 1. The molecule has 0 unspecified atom stereocenters. The summed E-state index contributed by atoms with van der Waals surface area (Å²) in [7, 11) is 0. The van der Waals surface area contributed by atoms with Gasteiger partial charge in [-0.1, -0.05) is 6.07 Å². The first-order chi connectivity index (χ1) is 10.9. The van der Waals surface area contributed by atoms with Crippen LogP contribution in [0.1, 0.15) is 30.9 Å². The van der Waals surface area contributed by atoms with E-state index in [1.165, 1.54) is 24.0 Å². The van der Waals surface area contributed by atoms with Crippen molar-refractivity contribution >= 4 is 11.8 Å². The third kappa shape index (κ3) is 3.08. The SMILES string of the molecule is CC(=O)N1CCC[C@@](O)(C(=O)N2CCc3ccc(F)cc3C2)C1. The Balaban J connectivity index is 1.77. The van der Waals surface area contributed by atoms with Crippen molar-refractivity contribution in [2.75, 3.05) is 19.6 Å². The lowest BCUT2D eigenvalue weighted by molar-refractivity contribution is -0.160. The molecule has 2 aliphatic heterocycles. The molecule has 2 heterocycles. The molecule has 0 aliphatic carbocycles. The number of hydrogen-bond donors (Lipinski definition) is 1. The zero-order valence-corrected chi connectivity index (χ0v) is 13.2. The van der Waals surface area contributed by atoms with Crippen LogP contribution in [0.4, 0.5) is 4.39 Å². The number of halogens is 1. The quantitative estimate of drug-likeness (QED) is 0.842. The highest BCUT2D eigenvalue weighted by molar-refractivity contribution is 5.86. The molecular weight excluding hydrogens is 299 g/mol. The van der Waals surface area contributed by atoms with Gasteiger partial charge in [-0.15, -0.1) is 0 Å². The Morgan fingerprint density at radius 1 is 1.22 bits per heavy atom. The second-order valence-electron chi connectivity index (χ2n) is 6.47. The third-order valence-corrected chi connectivity index (χ3v) is 4.78. The van der Waals surface area contributed by atoms with Crippen molar-refractivity contribution < 1.29 is 19.1 Å². The average molecular weight is 320 g/mol. The number of nitrogens with zero attached hydrogens (tertiary/aromatic N) is 2. The topological polar surface area (TPSA) is 60.9 Å². The normalized spacial score (nSPS) is 24.3. The van der Waals surface area contributed by atoms with Gasteiger partial charge in [0, 0.05) is 26.6 Å². The Bertz CT molecular complexity index is 649. The van der Waals surface area contributed by atoms with Gasteiger partial charge in [-0.2, -0.15) is 0 Å². The molecular formula is C17H21FN2O3. The molecule has 0 saturated carbocycles. The molecule has 1 atom stereocenters. The van der Waals surface area contributed by atoms with Gasteiger partial charge in [0.15, 0.2) is 5.60 Å². The molecule has 124 valence electrons. The molecule has 6 heteroatoms. The molecule has 1 fully saturated rings. The minimum atomic E-state index is -1.53. The summed E-state index contributed by atoms with van der Waals surface area (Å²) in [4.78, 5) is 27.4. The summed E-state index contributed by atoms with van der Waals surface area (Å²) in [5.74, 6) is -0.822. The summed E-state index contributed by atoms with van der Waals surface area (Å²) in [6.07, 6.45) is 1.59. The lowest BCUT2D eigenvalue weighted by atomic mass is 9.89. The molecule has 0 spiro atoms. The Kier molecular flexibility index (Phi) is 4.10. The predicted molar refractivity (Wildman–Crippen MR) is 82.0 cm³/mol. The van der Waals surface area contributed by atoms with E-state index in [9.17, 15) is 19.1 Å². The first-order valence-corrected chi connectivity index (χ1v) is 7.94. The van der Waals surface area contributed by atoms with E-state index in [1.54, 1.807) is 11.0 Å². The fourth-order valence-electron chi connectivity index (χ4n) is 3.47. The molecule has 0 bridgehead atoms. The van der Waals surface area contributed by atoms with Gasteiger partial charge in [0.2, 0.25) is 5.91 Å². The monoisotopic (exact) mass is 320 g/mol. The van der Waals surface area contributed by atoms with E-state index in [4.69, 9.17) is 0 Å². The Morgan fingerprint density at radius 3 is 2.74 bits per heavy atom. The lowest BCUT2D eigenvalue weighted by Gasteiger charge is -2.41. The Hall–Kier alpha value is -1.95. The van der Waals surface area contributed by atoms with Crippen LogP contribution in [0.2, 0.25) is 0 Å². The van der Waals surface area contributed by atoms with Crippen molar-refractivity contribution in [3.8, 4) is 0 Å². The van der Waals surface area contributed by atoms with E-state index < -0.39 is 5.60 Å². The van der Waals surface area contributed by atoms with Gasteiger partial charge >= 0.3 is 0 Å². The van der Waals surface area contributed by atoms with E-state index in [0.717, 1.165) is 11.1 Å². The zero-order valence-electron chi connectivity index (χ0n) is 13.2. The smallest absolute Gasteiger partial charge is 0.256 e. The summed E-state index contributed by atoms with van der Waals surface area (Å²) >= 11 is 0. The van der Waals surface area contributed by atoms with Gasteiger partial charge in [-0.3, -0.25) is 9.59 Å². The van der Waals surface area contributed by atoms with Crippen LogP contribution in [0.15, 0.2) is 18.2 Å². The van der Waals surface area contributed by atoms with Gasteiger partial charge in [0.25, 0.3) is 5.91 Å². The van der Waals surface area contributed by atoms with Gasteiger partial charge < -0.3 is 14.9 Å². The Labute approximate surface area is 134 Å². The number of β-amino-alcohol motifs (C(OH)–C–C–N with tert-alkyl or cyclic N) is 1. The molecule has 5 nitrogen and oxygen atoms in total. The van der Waals surface area contributed by atoms with Crippen LogP contribution in [0.25, 0.3) is 0 Å². The average Bonchev–Trinajstić information content (AvgIpc) is 2.53. The minimum Gasteiger partial charge on any atom is -0.378 e. The first-order valence-electron chi connectivity index (χ1n) is 7.94. The van der Waals surface area contributed by atoms with Crippen molar-refractivity contribution in [3.63, 3.8) is 0 Å². The van der Waals surface area contributed by atoms with Crippen LogP contribution < -0.4 is 0 Å². The summed E-state index contributed by atoms with van der Waals surface area (Å²) in [6, 6.07) is 4.62. The number of likely N-dealkylation sites (tertiary alicyclic amines) is 1. The highest BCUT2D eigenvalue weighted by Crippen LogP contribution is 2.27. The van der Waals surface area contributed by atoms with Gasteiger partial charge in [0.05, 0.1) is 6.54 Å². The standard InChI is InChI=1S/C17H21FN2O3/c1-12(21)20-7-2-6-17(23,11-20)16(22)19-8-5-13-3-4-15(18)9-14(13)10-19/h3-4,9,23H,2,5-8,10-11H2,1H3/t17-/m0/s1. The fraction of sp³-hybridized carbons (Fsp3) is 0.529. The number of carbonyl (C=O) groups excluding carboxylic acids is 2. The molecule has 2 amide bonds. The highest BCUT2D eigenvalue weighted by Gasteiger charge is 2.43. The fourth-order valence-corrected chi connectivity index (χ4v) is 3.47. The number of hydrogen-bond acceptors (Lipinski definition) is 3. The van der Waals surface area contributed by atoms with Crippen LogP contribution >= 0.6 is 0 Å². The summed E-state index contributed by atoms with van der Waals surface area (Å²) in [6.45, 7) is 2.84. The molecule has 23 heavy (non-hydrogen) atoms. The molecule has 2 aliphatic rings. The van der Waals surface area contributed by atoms with Crippen molar-refractivity contribution in [1.82, 2.24) is 9.80 Å². The predicted octanol–water partition coefficient (Wildman–Crippen LogP) is 1.08. The number of piperidine rings is 1. The minimum absolute atomic E-state index is 0.0354. The molecule has 1 saturated heterocycles. The maximum absolute atomic E-state index is 13.4. The van der Waals surface area contributed by atoms with Crippen LogP contribution in [0.5, 0.6) is 0 Å². The second-order valence-corrected chi connectivity index (χ2v) is 6.47. The number of aliphatic hydroxyl groups is 1.